The zero-order valence-corrected chi connectivity index (χ0v) is 14.5. The summed E-state index contributed by atoms with van der Waals surface area (Å²) in [5.74, 6) is 0.573. The van der Waals surface area contributed by atoms with Gasteiger partial charge in [-0.3, -0.25) is 14.4 Å². The number of piperazine rings is 1. The summed E-state index contributed by atoms with van der Waals surface area (Å²) in [6, 6.07) is 0.360. The van der Waals surface area contributed by atoms with Crippen LogP contribution in [-0.4, -0.2) is 77.6 Å². The largest absolute Gasteiger partial charge is 0.336 e. The second-order valence-corrected chi connectivity index (χ2v) is 8.92. The van der Waals surface area contributed by atoms with E-state index in [1.54, 1.807) is 17.1 Å². The number of carbonyl (C=O) groups excluding carboxylic acids is 1. The highest BCUT2D eigenvalue weighted by Gasteiger charge is 2.34. The van der Waals surface area contributed by atoms with Gasteiger partial charge >= 0.3 is 0 Å². The van der Waals surface area contributed by atoms with Crippen LogP contribution >= 0.6 is 0 Å². The number of sulfone groups is 1. The van der Waals surface area contributed by atoms with Crippen LogP contribution in [0.4, 0.5) is 0 Å². The van der Waals surface area contributed by atoms with E-state index in [0.29, 0.717) is 24.4 Å². The van der Waals surface area contributed by atoms with Gasteiger partial charge in [-0.1, -0.05) is 0 Å². The molecule has 2 aliphatic rings. The van der Waals surface area contributed by atoms with Crippen molar-refractivity contribution >= 4 is 15.7 Å². The van der Waals surface area contributed by atoms with Crippen molar-refractivity contribution in [3.05, 3.63) is 18.0 Å². The smallest absolute Gasteiger partial charge is 0.257 e. The molecule has 8 heteroatoms. The molecule has 0 aromatic carbocycles. The quantitative estimate of drug-likeness (QED) is 0.797. The van der Waals surface area contributed by atoms with Crippen LogP contribution in [0.3, 0.4) is 0 Å². The Hall–Kier alpha value is -1.41. The van der Waals surface area contributed by atoms with Gasteiger partial charge in [0.2, 0.25) is 0 Å². The molecule has 23 heavy (non-hydrogen) atoms. The highest BCUT2D eigenvalue weighted by atomic mass is 32.2. The third kappa shape index (κ3) is 3.58. The molecule has 1 aromatic heterocycles. The Labute approximate surface area is 137 Å². The van der Waals surface area contributed by atoms with Gasteiger partial charge in [0.1, 0.15) is 0 Å². The molecule has 1 aromatic rings. The van der Waals surface area contributed by atoms with Gasteiger partial charge in [-0.2, -0.15) is 5.10 Å². The third-order valence-electron chi connectivity index (χ3n) is 4.70. The van der Waals surface area contributed by atoms with Crippen LogP contribution in [0.25, 0.3) is 0 Å². The summed E-state index contributed by atoms with van der Waals surface area (Å²) in [4.78, 5) is 16.6. The monoisotopic (exact) mass is 340 g/mol. The Balaban J connectivity index is 1.57. The maximum absolute atomic E-state index is 12.5. The molecule has 128 valence electrons. The zero-order valence-electron chi connectivity index (χ0n) is 13.7. The number of amides is 1. The van der Waals surface area contributed by atoms with Crippen molar-refractivity contribution in [2.24, 2.45) is 0 Å². The van der Waals surface area contributed by atoms with E-state index in [1.807, 2.05) is 18.7 Å². The van der Waals surface area contributed by atoms with Crippen LogP contribution in [-0.2, 0) is 9.84 Å². The molecule has 0 unspecified atom stereocenters. The first-order valence-electron chi connectivity index (χ1n) is 8.13. The van der Waals surface area contributed by atoms with E-state index in [2.05, 4.69) is 10.00 Å². The molecular weight excluding hydrogens is 316 g/mol. The minimum Gasteiger partial charge on any atom is -0.336 e. The lowest BCUT2D eigenvalue weighted by atomic mass is 10.2. The van der Waals surface area contributed by atoms with Crippen molar-refractivity contribution in [3.63, 3.8) is 0 Å². The number of hydrogen-bond donors (Lipinski definition) is 0. The molecular formula is C15H24N4O3S. The van der Waals surface area contributed by atoms with Crippen LogP contribution in [0.15, 0.2) is 12.4 Å². The van der Waals surface area contributed by atoms with E-state index >= 15 is 0 Å². The molecule has 0 radical (unpaired) electrons. The van der Waals surface area contributed by atoms with E-state index in [4.69, 9.17) is 0 Å². The minimum absolute atomic E-state index is 0.00981. The maximum atomic E-state index is 12.5. The van der Waals surface area contributed by atoms with Crippen LogP contribution < -0.4 is 0 Å². The van der Waals surface area contributed by atoms with E-state index in [0.717, 1.165) is 19.5 Å². The van der Waals surface area contributed by atoms with E-state index in [-0.39, 0.29) is 23.7 Å². The Morgan fingerprint density at radius 3 is 2.48 bits per heavy atom. The first kappa shape index (κ1) is 16.4. The van der Waals surface area contributed by atoms with Gasteiger partial charge in [-0.15, -0.1) is 0 Å². The predicted octanol–water partition coefficient (Wildman–Crippen LogP) is 0.409. The highest BCUT2D eigenvalue weighted by Crippen LogP contribution is 2.20. The summed E-state index contributed by atoms with van der Waals surface area (Å²) in [5, 5.41) is 4.22. The first-order valence-corrected chi connectivity index (χ1v) is 9.96. The van der Waals surface area contributed by atoms with Crippen molar-refractivity contribution < 1.29 is 13.2 Å². The summed E-state index contributed by atoms with van der Waals surface area (Å²) in [6.45, 7) is 6.81. The Morgan fingerprint density at radius 1 is 1.26 bits per heavy atom. The van der Waals surface area contributed by atoms with E-state index in [1.165, 1.54) is 0 Å². The fourth-order valence-electron chi connectivity index (χ4n) is 3.27. The summed E-state index contributed by atoms with van der Waals surface area (Å²) < 4.78 is 25.0. The molecule has 1 atom stereocenters. The normalized spacial score (nSPS) is 25.2. The standard InChI is InChI=1S/C15H24N4O3S/c1-12(2)19-10-13(9-16-19)15(20)18-6-4-17(5-7-18)14-3-8-23(21,22)11-14/h9-10,12,14H,3-8,11H2,1-2H3/t14-/m1/s1. The lowest BCUT2D eigenvalue weighted by Gasteiger charge is -2.37. The Kier molecular flexibility index (Phi) is 4.46. The molecule has 1 amide bonds. The van der Waals surface area contributed by atoms with Crippen molar-refractivity contribution in [1.82, 2.24) is 19.6 Å². The van der Waals surface area contributed by atoms with Crippen LogP contribution in [0.5, 0.6) is 0 Å². The van der Waals surface area contributed by atoms with Crippen molar-refractivity contribution in [2.75, 3.05) is 37.7 Å². The molecule has 2 aliphatic heterocycles. The van der Waals surface area contributed by atoms with E-state index in [9.17, 15) is 13.2 Å². The number of rotatable bonds is 3. The number of aromatic nitrogens is 2. The second-order valence-electron chi connectivity index (χ2n) is 6.69. The average molecular weight is 340 g/mol. The fraction of sp³-hybridized carbons (Fsp3) is 0.733. The summed E-state index contributed by atoms with van der Waals surface area (Å²) >= 11 is 0. The van der Waals surface area contributed by atoms with Gasteiger partial charge in [0.15, 0.2) is 9.84 Å². The SMILES string of the molecule is CC(C)n1cc(C(=O)N2CCN([C@@H]3CCS(=O)(=O)C3)CC2)cn1. The van der Waals surface area contributed by atoms with E-state index < -0.39 is 9.84 Å². The molecule has 2 saturated heterocycles. The van der Waals surface area contributed by atoms with Crippen LogP contribution in [0, 0.1) is 0 Å². The molecule has 0 saturated carbocycles. The minimum atomic E-state index is -2.86. The van der Waals surface area contributed by atoms with Gasteiger partial charge < -0.3 is 4.90 Å². The van der Waals surface area contributed by atoms with Crippen molar-refractivity contribution in [2.45, 2.75) is 32.4 Å². The fourth-order valence-corrected chi connectivity index (χ4v) is 5.03. The molecule has 2 fully saturated rings. The number of hydrogen-bond acceptors (Lipinski definition) is 5. The lowest BCUT2D eigenvalue weighted by Crippen LogP contribution is -2.52. The zero-order chi connectivity index (χ0) is 16.6. The van der Waals surface area contributed by atoms with Gasteiger partial charge in [0, 0.05) is 44.5 Å². The highest BCUT2D eigenvalue weighted by molar-refractivity contribution is 7.91. The van der Waals surface area contributed by atoms with Gasteiger partial charge in [0.25, 0.3) is 5.91 Å². The predicted molar refractivity (Wildman–Crippen MR) is 87.1 cm³/mol. The maximum Gasteiger partial charge on any atom is 0.257 e. The summed E-state index contributed by atoms with van der Waals surface area (Å²) in [7, 11) is -2.86. The third-order valence-corrected chi connectivity index (χ3v) is 6.45. The molecule has 3 rings (SSSR count). The summed E-state index contributed by atoms with van der Waals surface area (Å²) in [5.41, 5.74) is 0.621. The average Bonchev–Trinajstić information content (AvgIpc) is 3.13. The topological polar surface area (TPSA) is 75.5 Å². The Morgan fingerprint density at radius 2 is 1.96 bits per heavy atom. The molecule has 0 spiro atoms. The molecule has 7 nitrogen and oxygen atoms in total. The molecule has 0 aliphatic carbocycles. The second kappa shape index (κ2) is 6.24. The van der Waals surface area contributed by atoms with Gasteiger partial charge in [-0.25, -0.2) is 8.42 Å². The molecule has 0 N–H and O–H groups in total. The van der Waals surface area contributed by atoms with Gasteiger partial charge in [-0.05, 0) is 20.3 Å². The molecule has 0 bridgehead atoms. The van der Waals surface area contributed by atoms with Gasteiger partial charge in [0.05, 0.1) is 23.3 Å². The number of carbonyl (C=O) groups is 1. The van der Waals surface area contributed by atoms with Crippen molar-refractivity contribution in [1.29, 1.82) is 0 Å². The summed E-state index contributed by atoms with van der Waals surface area (Å²) in [6.07, 6.45) is 4.14. The van der Waals surface area contributed by atoms with Crippen molar-refractivity contribution in [3.8, 4) is 0 Å². The number of nitrogens with zero attached hydrogens (tertiary/aromatic N) is 4. The first-order chi connectivity index (χ1) is 10.9. The Bertz CT molecular complexity index is 675. The molecule has 3 heterocycles. The van der Waals surface area contributed by atoms with Crippen LogP contribution in [0.2, 0.25) is 0 Å². The lowest BCUT2D eigenvalue weighted by molar-refractivity contribution is 0.0587. The van der Waals surface area contributed by atoms with Crippen LogP contribution in [0.1, 0.15) is 36.7 Å².